The lowest BCUT2D eigenvalue weighted by Crippen LogP contribution is -2.36. The van der Waals surface area contributed by atoms with Crippen LogP contribution < -0.4 is 10.6 Å². The van der Waals surface area contributed by atoms with E-state index in [4.69, 9.17) is 0 Å². The van der Waals surface area contributed by atoms with Gasteiger partial charge in [-0.05, 0) is 12.0 Å². The Morgan fingerprint density at radius 1 is 1.35 bits per heavy atom. The molecule has 26 heavy (non-hydrogen) atoms. The fourth-order valence-electron chi connectivity index (χ4n) is 3.11. The molecule has 1 aromatic heterocycles. The van der Waals surface area contributed by atoms with Crippen molar-refractivity contribution >= 4 is 11.7 Å². The molecule has 3 rings (SSSR count). The molecule has 140 valence electrons. The second-order valence-electron chi connectivity index (χ2n) is 6.36. The number of alkyl halides is 3. The van der Waals surface area contributed by atoms with Crippen LogP contribution in [0.2, 0.25) is 0 Å². The Morgan fingerprint density at radius 2 is 2.08 bits per heavy atom. The van der Waals surface area contributed by atoms with Crippen molar-refractivity contribution in [2.75, 3.05) is 11.9 Å². The Labute approximate surface area is 149 Å². The second-order valence-corrected chi connectivity index (χ2v) is 6.36. The van der Waals surface area contributed by atoms with Gasteiger partial charge in [0.05, 0.1) is 12.2 Å². The molecule has 2 heterocycles. The Balaban J connectivity index is 1.93. The van der Waals surface area contributed by atoms with E-state index < -0.39 is 24.2 Å². The highest BCUT2D eigenvalue weighted by Gasteiger charge is 2.47. The maximum atomic E-state index is 13.6. The fraction of sp³-hybridized carbons (Fsp3) is 0.444. The van der Waals surface area contributed by atoms with Gasteiger partial charge in [0.15, 0.2) is 6.04 Å². The molecule has 2 unspecified atom stereocenters. The van der Waals surface area contributed by atoms with Crippen LogP contribution in [0.3, 0.4) is 0 Å². The van der Waals surface area contributed by atoms with Crippen molar-refractivity contribution in [1.82, 2.24) is 15.1 Å². The number of hydrogen-bond acceptors (Lipinski definition) is 3. The van der Waals surface area contributed by atoms with Gasteiger partial charge in [-0.15, -0.1) is 0 Å². The third kappa shape index (κ3) is 3.68. The molecule has 0 saturated heterocycles. The van der Waals surface area contributed by atoms with Crippen LogP contribution in [-0.4, -0.2) is 28.4 Å². The molecule has 8 heteroatoms. The van der Waals surface area contributed by atoms with E-state index in [1.165, 1.54) is 6.20 Å². The molecule has 1 aromatic carbocycles. The first-order chi connectivity index (χ1) is 12.4. The number of aromatic nitrogens is 2. The number of nitrogens with one attached hydrogen (secondary N) is 2. The summed E-state index contributed by atoms with van der Waals surface area (Å²) in [5.74, 6) is -0.303. The summed E-state index contributed by atoms with van der Waals surface area (Å²) in [6.45, 7) is 2.47. The van der Waals surface area contributed by atoms with Crippen molar-refractivity contribution in [3.63, 3.8) is 0 Å². The highest BCUT2D eigenvalue weighted by Crippen LogP contribution is 2.44. The third-order valence-corrected chi connectivity index (χ3v) is 4.50. The number of nitrogens with zero attached hydrogens (tertiary/aromatic N) is 2. The average Bonchev–Trinajstić information content (AvgIpc) is 3.05. The lowest BCUT2D eigenvalue weighted by molar-refractivity contribution is -0.173. The van der Waals surface area contributed by atoms with E-state index in [-0.39, 0.29) is 17.8 Å². The van der Waals surface area contributed by atoms with Crippen molar-refractivity contribution in [2.45, 2.75) is 44.4 Å². The largest absolute Gasteiger partial charge is 0.410 e. The van der Waals surface area contributed by atoms with Gasteiger partial charge in [0, 0.05) is 13.0 Å². The minimum absolute atomic E-state index is 0.112. The van der Waals surface area contributed by atoms with Crippen LogP contribution in [0, 0.1) is 0 Å². The first kappa shape index (κ1) is 18.3. The minimum Gasteiger partial charge on any atom is -0.363 e. The molecular formula is C18H21F3N4O. The molecular weight excluding hydrogens is 345 g/mol. The number of carbonyl (C=O) groups excluding carboxylic acids is 1. The number of anilines is 1. The van der Waals surface area contributed by atoms with Crippen molar-refractivity contribution in [1.29, 1.82) is 0 Å². The van der Waals surface area contributed by atoms with Crippen molar-refractivity contribution in [3.8, 4) is 0 Å². The van der Waals surface area contributed by atoms with Gasteiger partial charge in [0.25, 0.3) is 5.91 Å². The topological polar surface area (TPSA) is 59.0 Å². The summed E-state index contributed by atoms with van der Waals surface area (Å²) >= 11 is 0. The predicted molar refractivity (Wildman–Crippen MR) is 92.0 cm³/mol. The zero-order valence-electron chi connectivity index (χ0n) is 14.4. The lowest BCUT2D eigenvalue weighted by Gasteiger charge is -2.34. The Morgan fingerprint density at radius 3 is 2.73 bits per heavy atom. The van der Waals surface area contributed by atoms with Gasteiger partial charge in [-0.25, -0.2) is 4.68 Å². The Bertz CT molecular complexity index is 758. The maximum absolute atomic E-state index is 13.6. The minimum atomic E-state index is -4.45. The molecule has 0 bridgehead atoms. The van der Waals surface area contributed by atoms with Gasteiger partial charge in [-0.2, -0.15) is 18.3 Å². The Hall–Kier alpha value is -2.51. The highest BCUT2D eigenvalue weighted by atomic mass is 19.4. The molecule has 1 aliphatic rings. The summed E-state index contributed by atoms with van der Waals surface area (Å²) < 4.78 is 41.6. The van der Waals surface area contributed by atoms with Crippen LogP contribution in [0.1, 0.15) is 54.2 Å². The summed E-state index contributed by atoms with van der Waals surface area (Å²) in [6.07, 6.45) is -1.71. The highest BCUT2D eigenvalue weighted by molar-refractivity contribution is 5.98. The molecule has 0 fully saturated rings. The quantitative estimate of drug-likeness (QED) is 0.784. The van der Waals surface area contributed by atoms with Crippen LogP contribution in [0.4, 0.5) is 19.0 Å². The SMILES string of the molecule is CCCCNC(=O)c1cnn2c1NC(c1ccccc1)CC2C(F)(F)F. The van der Waals surface area contributed by atoms with Crippen LogP contribution in [0.25, 0.3) is 0 Å². The van der Waals surface area contributed by atoms with Crippen LogP contribution in [0.5, 0.6) is 0 Å². The van der Waals surface area contributed by atoms with Gasteiger partial charge in [0.2, 0.25) is 0 Å². The van der Waals surface area contributed by atoms with Gasteiger partial charge >= 0.3 is 6.18 Å². The van der Waals surface area contributed by atoms with E-state index in [9.17, 15) is 18.0 Å². The molecule has 0 aliphatic carbocycles. The molecule has 0 spiro atoms. The summed E-state index contributed by atoms with van der Waals surface area (Å²) in [5.41, 5.74) is 0.877. The summed E-state index contributed by atoms with van der Waals surface area (Å²) in [4.78, 5) is 12.4. The molecule has 5 nitrogen and oxygen atoms in total. The van der Waals surface area contributed by atoms with Crippen molar-refractivity contribution < 1.29 is 18.0 Å². The molecule has 2 N–H and O–H groups in total. The number of halogens is 3. The zero-order valence-corrected chi connectivity index (χ0v) is 14.4. The van der Waals surface area contributed by atoms with Crippen LogP contribution in [-0.2, 0) is 0 Å². The van der Waals surface area contributed by atoms with Gasteiger partial charge in [-0.3, -0.25) is 4.79 Å². The first-order valence-electron chi connectivity index (χ1n) is 8.65. The first-order valence-corrected chi connectivity index (χ1v) is 8.65. The number of carbonyl (C=O) groups is 1. The van der Waals surface area contributed by atoms with E-state index in [1.807, 2.05) is 13.0 Å². The number of rotatable bonds is 5. The summed E-state index contributed by atoms with van der Waals surface area (Å²) in [6, 6.07) is 6.60. The fourth-order valence-corrected chi connectivity index (χ4v) is 3.11. The number of benzene rings is 1. The number of amides is 1. The van der Waals surface area contributed by atoms with Crippen LogP contribution >= 0.6 is 0 Å². The smallest absolute Gasteiger partial charge is 0.363 e. The second kappa shape index (κ2) is 7.39. The van der Waals surface area contributed by atoms with E-state index >= 15 is 0 Å². The molecule has 1 amide bonds. The van der Waals surface area contributed by atoms with Crippen molar-refractivity contribution in [2.24, 2.45) is 0 Å². The third-order valence-electron chi connectivity index (χ3n) is 4.50. The monoisotopic (exact) mass is 366 g/mol. The van der Waals surface area contributed by atoms with E-state index in [0.29, 0.717) is 6.54 Å². The summed E-state index contributed by atoms with van der Waals surface area (Å²) in [7, 11) is 0. The van der Waals surface area contributed by atoms with E-state index in [1.54, 1.807) is 24.3 Å². The normalized spacial score (nSPS) is 19.5. The lowest BCUT2D eigenvalue weighted by atomic mass is 9.96. The van der Waals surface area contributed by atoms with E-state index in [0.717, 1.165) is 23.1 Å². The van der Waals surface area contributed by atoms with Gasteiger partial charge in [-0.1, -0.05) is 43.7 Å². The van der Waals surface area contributed by atoms with Gasteiger partial charge in [0.1, 0.15) is 11.4 Å². The number of hydrogen-bond donors (Lipinski definition) is 2. The standard InChI is InChI=1S/C18H21F3N4O/c1-2-3-9-22-17(26)13-11-23-25-15(18(19,20)21)10-14(24-16(13)25)12-7-5-4-6-8-12/h4-8,11,14-15,24H,2-3,9-10H2,1H3,(H,22,26). The molecule has 0 saturated carbocycles. The average molecular weight is 366 g/mol. The van der Waals surface area contributed by atoms with Crippen molar-refractivity contribution in [3.05, 3.63) is 47.7 Å². The zero-order chi connectivity index (χ0) is 18.7. The number of unbranched alkanes of at least 4 members (excludes halogenated alkanes) is 1. The number of fused-ring (bicyclic) bond motifs is 1. The maximum Gasteiger partial charge on any atom is 0.410 e. The molecule has 1 aliphatic heterocycles. The van der Waals surface area contributed by atoms with Gasteiger partial charge < -0.3 is 10.6 Å². The van der Waals surface area contributed by atoms with Crippen LogP contribution in [0.15, 0.2) is 36.5 Å². The van der Waals surface area contributed by atoms with E-state index in [2.05, 4.69) is 15.7 Å². The molecule has 2 atom stereocenters. The molecule has 0 radical (unpaired) electrons. The Kier molecular flexibility index (Phi) is 5.20. The predicted octanol–water partition coefficient (Wildman–Crippen LogP) is 4.07. The molecule has 2 aromatic rings. The summed E-state index contributed by atoms with van der Waals surface area (Å²) in [5, 5.41) is 9.66.